The van der Waals surface area contributed by atoms with Crippen LogP contribution in [0.25, 0.3) is 0 Å². The molecule has 116 valence electrons. The number of benzene rings is 2. The quantitative estimate of drug-likeness (QED) is 0.859. The number of carbonyl (C=O) groups is 1. The van der Waals surface area contributed by atoms with E-state index in [2.05, 4.69) is 4.99 Å². The normalized spacial score (nSPS) is 21.7. The monoisotopic (exact) mass is 308 g/mol. The van der Waals surface area contributed by atoms with E-state index in [4.69, 9.17) is 4.74 Å². The molecule has 5 nitrogen and oxygen atoms in total. The molecule has 0 unspecified atom stereocenters. The van der Waals surface area contributed by atoms with Crippen molar-refractivity contribution in [3.05, 3.63) is 70.8 Å². The number of hydrogen-bond acceptors (Lipinski definition) is 5. The van der Waals surface area contributed by atoms with Crippen LogP contribution in [0.2, 0.25) is 0 Å². The summed E-state index contributed by atoms with van der Waals surface area (Å²) in [5.74, 6) is 0.443. The van der Waals surface area contributed by atoms with E-state index < -0.39 is 11.7 Å². The molecular weight excluding hydrogens is 292 g/mol. The highest BCUT2D eigenvalue weighted by molar-refractivity contribution is 6.05. The lowest BCUT2D eigenvalue weighted by molar-refractivity contribution is -0.0242. The lowest BCUT2D eigenvalue weighted by Crippen LogP contribution is -2.43. The van der Waals surface area contributed by atoms with Gasteiger partial charge >= 0.3 is 5.97 Å². The maximum absolute atomic E-state index is 11.6. The van der Waals surface area contributed by atoms with E-state index in [9.17, 15) is 9.90 Å². The number of hydrogen-bond donors (Lipinski definition) is 1. The van der Waals surface area contributed by atoms with Gasteiger partial charge in [-0.1, -0.05) is 36.4 Å². The Balaban J connectivity index is 1.84. The SMILES string of the molecule is COC(=O)c1ccc([C@@]2(O)c3ccccc3C3=NCCN32)cc1. The van der Waals surface area contributed by atoms with Gasteiger partial charge in [-0.25, -0.2) is 4.79 Å². The summed E-state index contributed by atoms with van der Waals surface area (Å²) >= 11 is 0. The van der Waals surface area contributed by atoms with Crippen molar-refractivity contribution in [1.29, 1.82) is 0 Å². The first-order valence-electron chi connectivity index (χ1n) is 7.49. The first kappa shape index (κ1) is 14.0. The molecule has 0 spiro atoms. The third-order valence-corrected chi connectivity index (χ3v) is 4.48. The summed E-state index contributed by atoms with van der Waals surface area (Å²) < 4.78 is 4.72. The number of fused-ring (bicyclic) bond motifs is 3. The van der Waals surface area contributed by atoms with Crippen molar-refractivity contribution in [2.45, 2.75) is 5.72 Å². The molecule has 1 atom stereocenters. The van der Waals surface area contributed by atoms with E-state index in [1.807, 2.05) is 29.2 Å². The van der Waals surface area contributed by atoms with Crippen molar-refractivity contribution in [2.24, 2.45) is 4.99 Å². The lowest BCUT2D eigenvalue weighted by atomic mass is 9.93. The number of amidine groups is 1. The Hall–Kier alpha value is -2.66. The summed E-state index contributed by atoms with van der Waals surface area (Å²) in [6.07, 6.45) is 0. The van der Waals surface area contributed by atoms with E-state index in [-0.39, 0.29) is 0 Å². The first-order chi connectivity index (χ1) is 11.2. The topological polar surface area (TPSA) is 62.1 Å². The number of rotatable bonds is 2. The van der Waals surface area contributed by atoms with Crippen LogP contribution < -0.4 is 0 Å². The zero-order valence-electron chi connectivity index (χ0n) is 12.7. The smallest absolute Gasteiger partial charge is 0.337 e. The molecule has 1 N–H and O–H groups in total. The fourth-order valence-corrected chi connectivity index (χ4v) is 3.39. The van der Waals surface area contributed by atoms with Gasteiger partial charge in [0.1, 0.15) is 5.84 Å². The summed E-state index contributed by atoms with van der Waals surface area (Å²) in [7, 11) is 1.35. The Labute approximate surface area is 133 Å². The molecule has 2 aromatic rings. The van der Waals surface area contributed by atoms with Gasteiger partial charge in [0, 0.05) is 23.2 Å². The summed E-state index contributed by atoms with van der Waals surface area (Å²) in [5, 5.41) is 11.5. The van der Waals surface area contributed by atoms with E-state index >= 15 is 0 Å². The Morgan fingerprint density at radius 1 is 1.22 bits per heavy atom. The van der Waals surface area contributed by atoms with Gasteiger partial charge in [0.25, 0.3) is 0 Å². The summed E-state index contributed by atoms with van der Waals surface area (Å²) in [4.78, 5) is 18.0. The maximum Gasteiger partial charge on any atom is 0.337 e. The van der Waals surface area contributed by atoms with Crippen molar-refractivity contribution < 1.29 is 14.6 Å². The molecule has 0 fully saturated rings. The molecule has 0 radical (unpaired) electrons. The van der Waals surface area contributed by atoms with Crippen LogP contribution in [-0.2, 0) is 10.5 Å². The molecule has 5 heteroatoms. The van der Waals surface area contributed by atoms with Gasteiger partial charge < -0.3 is 14.7 Å². The number of ether oxygens (including phenoxy) is 1. The second-order valence-corrected chi connectivity index (χ2v) is 5.64. The molecular formula is C18H16N2O3. The Bertz CT molecular complexity index is 813. The number of nitrogens with zero attached hydrogens (tertiary/aromatic N) is 2. The van der Waals surface area contributed by atoms with Gasteiger partial charge in [0.15, 0.2) is 5.72 Å². The van der Waals surface area contributed by atoms with Crippen molar-refractivity contribution in [1.82, 2.24) is 4.90 Å². The van der Waals surface area contributed by atoms with Gasteiger partial charge in [-0.3, -0.25) is 4.99 Å². The highest BCUT2D eigenvalue weighted by atomic mass is 16.5. The number of carbonyl (C=O) groups excluding carboxylic acids is 1. The van der Waals surface area contributed by atoms with E-state index in [1.54, 1.807) is 24.3 Å². The zero-order chi connectivity index (χ0) is 16.0. The van der Waals surface area contributed by atoms with E-state index in [0.717, 1.165) is 17.0 Å². The molecule has 23 heavy (non-hydrogen) atoms. The molecule has 2 aliphatic heterocycles. The molecule has 2 aliphatic rings. The molecule has 2 heterocycles. The molecule has 0 saturated carbocycles. The highest BCUT2D eigenvalue weighted by Crippen LogP contribution is 2.43. The average molecular weight is 308 g/mol. The fourth-order valence-electron chi connectivity index (χ4n) is 3.39. The van der Waals surface area contributed by atoms with Crippen molar-refractivity contribution in [3.8, 4) is 0 Å². The molecule has 2 aromatic carbocycles. The minimum atomic E-state index is -1.25. The zero-order valence-corrected chi connectivity index (χ0v) is 12.7. The van der Waals surface area contributed by atoms with Crippen LogP contribution in [0.1, 0.15) is 27.0 Å². The second-order valence-electron chi connectivity index (χ2n) is 5.64. The van der Waals surface area contributed by atoms with Gasteiger partial charge in [0.05, 0.1) is 19.2 Å². The third-order valence-electron chi connectivity index (χ3n) is 4.48. The van der Waals surface area contributed by atoms with E-state index in [1.165, 1.54) is 7.11 Å². The number of aliphatic imine (C=N–C) groups is 1. The van der Waals surface area contributed by atoms with Crippen LogP contribution in [0.15, 0.2) is 53.5 Å². The molecule has 0 aliphatic carbocycles. The highest BCUT2D eigenvalue weighted by Gasteiger charge is 2.49. The van der Waals surface area contributed by atoms with Crippen LogP contribution in [0.4, 0.5) is 0 Å². The molecule has 4 rings (SSSR count). The van der Waals surface area contributed by atoms with E-state index in [0.29, 0.717) is 24.2 Å². The molecule has 0 saturated heterocycles. The molecule has 0 bridgehead atoms. The predicted octanol–water partition coefficient (Wildman–Crippen LogP) is 1.74. The van der Waals surface area contributed by atoms with Gasteiger partial charge in [0.2, 0.25) is 0 Å². The minimum absolute atomic E-state index is 0.390. The Morgan fingerprint density at radius 3 is 2.70 bits per heavy atom. The molecule has 0 amide bonds. The van der Waals surface area contributed by atoms with Crippen molar-refractivity contribution in [2.75, 3.05) is 20.2 Å². The van der Waals surface area contributed by atoms with Gasteiger partial charge in [-0.05, 0) is 12.1 Å². The predicted molar refractivity (Wildman–Crippen MR) is 85.3 cm³/mol. The van der Waals surface area contributed by atoms with Gasteiger partial charge in [-0.2, -0.15) is 0 Å². The Morgan fingerprint density at radius 2 is 1.96 bits per heavy atom. The average Bonchev–Trinajstić information content (AvgIpc) is 3.18. The van der Waals surface area contributed by atoms with Crippen molar-refractivity contribution >= 4 is 11.8 Å². The van der Waals surface area contributed by atoms with Crippen LogP contribution in [0.3, 0.4) is 0 Å². The largest absolute Gasteiger partial charge is 0.465 e. The second kappa shape index (κ2) is 4.93. The maximum atomic E-state index is 11.6. The van der Waals surface area contributed by atoms with Crippen molar-refractivity contribution in [3.63, 3.8) is 0 Å². The van der Waals surface area contributed by atoms with Gasteiger partial charge in [-0.15, -0.1) is 0 Å². The van der Waals surface area contributed by atoms with Crippen LogP contribution in [-0.4, -0.2) is 42.0 Å². The third kappa shape index (κ3) is 1.83. The number of esters is 1. The Kier molecular flexibility index (Phi) is 2.99. The van der Waals surface area contributed by atoms with Crippen LogP contribution in [0, 0.1) is 0 Å². The number of methoxy groups -OCH3 is 1. The molecule has 0 aromatic heterocycles. The minimum Gasteiger partial charge on any atom is -0.465 e. The first-order valence-corrected chi connectivity index (χ1v) is 7.49. The van der Waals surface area contributed by atoms with Crippen LogP contribution in [0.5, 0.6) is 0 Å². The summed E-state index contributed by atoms with van der Waals surface area (Å²) in [6.45, 7) is 1.34. The fraction of sp³-hybridized carbons (Fsp3) is 0.222. The summed E-state index contributed by atoms with van der Waals surface area (Å²) in [6, 6.07) is 14.6. The standard InChI is InChI=1S/C18H16N2O3/c1-23-17(21)12-6-8-13(9-7-12)18(22)15-5-3-2-4-14(15)16-19-10-11-20(16)18/h2-9,22H,10-11H2,1H3/t18-/m1/s1. The number of aliphatic hydroxyl groups is 1. The summed E-state index contributed by atoms with van der Waals surface area (Å²) in [5.41, 5.74) is 1.71. The van der Waals surface area contributed by atoms with Crippen LogP contribution >= 0.6 is 0 Å². The lowest BCUT2D eigenvalue weighted by Gasteiger charge is -2.33.